The monoisotopic (exact) mass is 171 g/mol. The summed E-state index contributed by atoms with van der Waals surface area (Å²) in [5, 5.41) is 8.61. The highest BCUT2D eigenvalue weighted by Gasteiger charge is 2.23. The van der Waals surface area contributed by atoms with Gasteiger partial charge in [0.1, 0.15) is 0 Å². The number of hydrogen-bond acceptors (Lipinski definition) is 2. The van der Waals surface area contributed by atoms with Crippen LogP contribution in [0.2, 0.25) is 0 Å². The van der Waals surface area contributed by atoms with Gasteiger partial charge in [-0.2, -0.15) is 0 Å². The van der Waals surface area contributed by atoms with Gasteiger partial charge in [0.2, 0.25) is 5.91 Å². The van der Waals surface area contributed by atoms with Gasteiger partial charge in [-0.3, -0.25) is 4.79 Å². The summed E-state index contributed by atoms with van der Waals surface area (Å²) in [7, 11) is 0. The first kappa shape index (κ1) is 9.52. The molecule has 1 unspecified atom stereocenters. The smallest absolute Gasteiger partial charge is 0.225 e. The van der Waals surface area contributed by atoms with Crippen LogP contribution in [-0.2, 0) is 4.79 Å². The quantitative estimate of drug-likeness (QED) is 0.676. The van der Waals surface area contributed by atoms with Crippen LogP contribution in [0.5, 0.6) is 0 Å². The van der Waals surface area contributed by atoms with Gasteiger partial charge in [-0.05, 0) is 19.3 Å². The van der Waals surface area contributed by atoms with Crippen molar-refractivity contribution >= 4 is 5.91 Å². The zero-order valence-electron chi connectivity index (χ0n) is 7.62. The fraction of sp³-hybridized carbons (Fsp3) is 0.889. The fourth-order valence-electron chi connectivity index (χ4n) is 1.62. The molecule has 0 saturated carbocycles. The molecule has 0 aliphatic carbocycles. The van der Waals surface area contributed by atoms with Crippen LogP contribution in [0.3, 0.4) is 0 Å². The molecule has 1 N–H and O–H groups in total. The topological polar surface area (TPSA) is 40.5 Å². The first-order chi connectivity index (χ1) is 5.75. The molecule has 12 heavy (non-hydrogen) atoms. The molecule has 1 atom stereocenters. The minimum Gasteiger partial charge on any atom is -0.396 e. The summed E-state index contributed by atoms with van der Waals surface area (Å²) in [6, 6.07) is 0. The largest absolute Gasteiger partial charge is 0.396 e. The summed E-state index contributed by atoms with van der Waals surface area (Å²) in [5.41, 5.74) is 0. The third-order valence-corrected chi connectivity index (χ3v) is 2.38. The van der Waals surface area contributed by atoms with E-state index in [2.05, 4.69) is 0 Å². The van der Waals surface area contributed by atoms with E-state index in [-0.39, 0.29) is 18.4 Å². The Bertz CT molecular complexity index is 159. The van der Waals surface area contributed by atoms with Gasteiger partial charge >= 0.3 is 0 Å². The Morgan fingerprint density at radius 2 is 2.42 bits per heavy atom. The predicted octanol–water partition coefficient (Wildman–Crippen LogP) is 0.627. The average Bonchev–Trinajstić information content (AvgIpc) is 2.08. The Balaban J connectivity index is 2.36. The molecule has 3 heteroatoms. The van der Waals surface area contributed by atoms with Crippen molar-refractivity contribution in [1.82, 2.24) is 4.90 Å². The predicted molar refractivity (Wildman–Crippen MR) is 46.7 cm³/mol. The zero-order valence-corrected chi connectivity index (χ0v) is 7.62. The van der Waals surface area contributed by atoms with E-state index in [9.17, 15) is 4.79 Å². The molecule has 0 bridgehead atoms. The maximum Gasteiger partial charge on any atom is 0.225 e. The number of rotatable bonds is 3. The number of hydrogen-bond donors (Lipinski definition) is 1. The van der Waals surface area contributed by atoms with Gasteiger partial charge in [0, 0.05) is 25.6 Å². The van der Waals surface area contributed by atoms with Crippen LogP contribution in [0.25, 0.3) is 0 Å². The van der Waals surface area contributed by atoms with Crippen LogP contribution in [-0.4, -0.2) is 35.6 Å². The molecule has 0 aromatic carbocycles. The van der Waals surface area contributed by atoms with Crippen molar-refractivity contribution in [3.05, 3.63) is 0 Å². The first-order valence-electron chi connectivity index (χ1n) is 4.65. The third-order valence-electron chi connectivity index (χ3n) is 2.38. The normalized spacial score (nSPS) is 24.7. The molecule has 1 amide bonds. The molecular weight excluding hydrogens is 154 g/mol. The molecule has 0 aromatic rings. The van der Waals surface area contributed by atoms with Crippen molar-refractivity contribution in [2.24, 2.45) is 5.92 Å². The molecule has 1 rings (SSSR count). The second kappa shape index (κ2) is 4.45. The number of amides is 1. The van der Waals surface area contributed by atoms with E-state index in [0.29, 0.717) is 6.42 Å². The number of aliphatic hydroxyl groups excluding tert-OH is 1. The van der Waals surface area contributed by atoms with Crippen LogP contribution in [0.15, 0.2) is 0 Å². The van der Waals surface area contributed by atoms with Crippen LogP contribution >= 0.6 is 0 Å². The average molecular weight is 171 g/mol. The molecular formula is C9H17NO2. The number of likely N-dealkylation sites (tertiary alicyclic amines) is 1. The van der Waals surface area contributed by atoms with Gasteiger partial charge in [-0.25, -0.2) is 0 Å². The van der Waals surface area contributed by atoms with Crippen molar-refractivity contribution in [3.63, 3.8) is 0 Å². The van der Waals surface area contributed by atoms with Gasteiger partial charge in [0.05, 0.1) is 0 Å². The van der Waals surface area contributed by atoms with E-state index in [1.165, 1.54) is 0 Å². The van der Waals surface area contributed by atoms with Crippen LogP contribution < -0.4 is 0 Å². The maximum atomic E-state index is 11.5. The highest BCUT2D eigenvalue weighted by Crippen LogP contribution is 2.16. The summed E-state index contributed by atoms with van der Waals surface area (Å²) >= 11 is 0. The second-order valence-electron chi connectivity index (χ2n) is 3.45. The first-order valence-corrected chi connectivity index (χ1v) is 4.65. The van der Waals surface area contributed by atoms with E-state index >= 15 is 0 Å². The zero-order chi connectivity index (χ0) is 8.97. The second-order valence-corrected chi connectivity index (χ2v) is 3.45. The Morgan fingerprint density at radius 3 is 3.08 bits per heavy atom. The Labute approximate surface area is 73.4 Å². The summed E-state index contributed by atoms with van der Waals surface area (Å²) < 4.78 is 0. The van der Waals surface area contributed by atoms with Crippen LogP contribution in [0.4, 0.5) is 0 Å². The molecule has 0 spiro atoms. The number of aliphatic hydroxyl groups is 1. The van der Waals surface area contributed by atoms with Crippen LogP contribution in [0.1, 0.15) is 26.2 Å². The van der Waals surface area contributed by atoms with Gasteiger partial charge in [-0.1, -0.05) is 6.92 Å². The summed E-state index contributed by atoms with van der Waals surface area (Å²) in [6.45, 7) is 3.76. The molecule has 0 aromatic heterocycles. The van der Waals surface area contributed by atoms with Crippen molar-refractivity contribution in [2.45, 2.75) is 26.2 Å². The Hall–Kier alpha value is -0.570. The fourth-order valence-corrected chi connectivity index (χ4v) is 1.62. The summed E-state index contributed by atoms with van der Waals surface area (Å²) in [5.74, 6) is 0.451. The van der Waals surface area contributed by atoms with Crippen molar-refractivity contribution < 1.29 is 9.90 Å². The number of carbonyl (C=O) groups is 1. The molecule has 3 nitrogen and oxygen atoms in total. The standard InChI is InChI=1S/C9H17NO2/c1-8-4-2-5-10(9(8)12)6-3-7-11/h8,11H,2-7H2,1H3. The molecule has 1 fully saturated rings. The third kappa shape index (κ3) is 2.21. The summed E-state index contributed by atoms with van der Waals surface area (Å²) in [4.78, 5) is 13.3. The van der Waals surface area contributed by atoms with Crippen molar-refractivity contribution in [1.29, 1.82) is 0 Å². The highest BCUT2D eigenvalue weighted by atomic mass is 16.3. The molecule has 0 radical (unpaired) electrons. The van der Waals surface area contributed by atoms with Crippen molar-refractivity contribution in [3.8, 4) is 0 Å². The maximum absolute atomic E-state index is 11.5. The lowest BCUT2D eigenvalue weighted by atomic mass is 9.99. The minimum atomic E-state index is 0.179. The molecule has 1 aliphatic rings. The molecule has 1 heterocycles. The van der Waals surface area contributed by atoms with E-state index in [1.54, 1.807) is 0 Å². The van der Waals surface area contributed by atoms with Gasteiger partial charge in [0.15, 0.2) is 0 Å². The number of piperidine rings is 1. The Morgan fingerprint density at radius 1 is 1.67 bits per heavy atom. The van der Waals surface area contributed by atoms with E-state index in [0.717, 1.165) is 25.9 Å². The van der Waals surface area contributed by atoms with Gasteiger partial charge in [0.25, 0.3) is 0 Å². The highest BCUT2D eigenvalue weighted by molar-refractivity contribution is 5.79. The van der Waals surface area contributed by atoms with E-state index in [1.807, 2.05) is 11.8 Å². The molecule has 1 aliphatic heterocycles. The SMILES string of the molecule is CC1CCCN(CCCO)C1=O. The number of carbonyl (C=O) groups excluding carboxylic acids is 1. The lowest BCUT2D eigenvalue weighted by Gasteiger charge is -2.30. The van der Waals surface area contributed by atoms with Gasteiger partial charge in [-0.15, -0.1) is 0 Å². The van der Waals surface area contributed by atoms with Crippen molar-refractivity contribution in [2.75, 3.05) is 19.7 Å². The minimum absolute atomic E-state index is 0.179. The Kier molecular flexibility index (Phi) is 3.53. The number of nitrogens with zero attached hydrogens (tertiary/aromatic N) is 1. The summed E-state index contributed by atoms with van der Waals surface area (Å²) in [6.07, 6.45) is 2.84. The van der Waals surface area contributed by atoms with E-state index < -0.39 is 0 Å². The lowest BCUT2D eigenvalue weighted by molar-refractivity contribution is -0.137. The lowest BCUT2D eigenvalue weighted by Crippen LogP contribution is -2.40. The molecule has 1 saturated heterocycles. The van der Waals surface area contributed by atoms with E-state index in [4.69, 9.17) is 5.11 Å². The molecule has 70 valence electrons. The van der Waals surface area contributed by atoms with Gasteiger partial charge < -0.3 is 10.0 Å². The van der Waals surface area contributed by atoms with Crippen LogP contribution in [0, 0.1) is 5.92 Å².